The van der Waals surface area contributed by atoms with Gasteiger partial charge >= 0.3 is 0 Å². The maximum Gasteiger partial charge on any atom is 0.261 e. The molecule has 0 aromatic heterocycles. The fraction of sp³-hybridized carbons (Fsp3) is 0.486. The summed E-state index contributed by atoms with van der Waals surface area (Å²) in [6.45, 7) is 13.8. The Labute approximate surface area is 259 Å². The van der Waals surface area contributed by atoms with Gasteiger partial charge in [-0.15, -0.1) is 0 Å². The smallest absolute Gasteiger partial charge is 0.261 e. The summed E-state index contributed by atoms with van der Waals surface area (Å²) in [6.07, 6.45) is 0. The Bertz CT molecular complexity index is 1040. The molecular formula is C35H50O7Si. The van der Waals surface area contributed by atoms with E-state index in [1.165, 1.54) is 10.4 Å². The van der Waals surface area contributed by atoms with E-state index in [0.29, 0.717) is 85.9 Å². The first-order valence-electron chi connectivity index (χ1n) is 15.3. The second-order valence-electron chi connectivity index (χ2n) is 11.1. The van der Waals surface area contributed by atoms with E-state index in [2.05, 4.69) is 81.4 Å². The molecule has 0 aliphatic rings. The largest absolute Gasteiger partial charge is 0.405 e. The normalized spacial score (nSPS) is 12.1. The zero-order valence-electron chi connectivity index (χ0n) is 26.2. The molecule has 8 heteroatoms. The van der Waals surface area contributed by atoms with Crippen molar-refractivity contribution in [3.8, 4) is 0 Å². The fourth-order valence-electron chi connectivity index (χ4n) is 4.88. The predicted molar refractivity (Wildman–Crippen MR) is 174 cm³/mol. The molecule has 7 nitrogen and oxygen atoms in total. The SMILES string of the molecule is CC(C)(C)[Si](OCCOCCOCCOCCOCCOCCOCc1ccccc1)(c1ccccc1)c1ccccc1. The van der Waals surface area contributed by atoms with Crippen LogP contribution in [-0.2, 0) is 39.5 Å². The van der Waals surface area contributed by atoms with Gasteiger partial charge in [0.05, 0.1) is 85.9 Å². The highest BCUT2D eigenvalue weighted by Gasteiger charge is 2.49. The van der Waals surface area contributed by atoms with Crippen molar-refractivity contribution in [1.82, 2.24) is 0 Å². The molecule has 0 aliphatic carbocycles. The molecule has 0 saturated heterocycles. The highest BCUT2D eigenvalue weighted by atomic mass is 28.4. The molecule has 0 heterocycles. The van der Waals surface area contributed by atoms with E-state index < -0.39 is 8.32 Å². The molecule has 0 radical (unpaired) electrons. The standard InChI is InChI=1S/C35H50O7Si/c1-35(2,3)43(33-15-9-5-10-16-33,34-17-11-6-12-18-34)42-30-29-40-26-25-38-22-21-36-19-20-37-23-24-39-27-28-41-31-32-13-7-4-8-14-32/h4-18H,19-31H2,1-3H3. The van der Waals surface area contributed by atoms with E-state index in [0.717, 1.165) is 5.56 Å². The van der Waals surface area contributed by atoms with Crippen LogP contribution < -0.4 is 10.4 Å². The van der Waals surface area contributed by atoms with Gasteiger partial charge in [-0.1, -0.05) is 112 Å². The average Bonchev–Trinajstić information content (AvgIpc) is 3.02. The van der Waals surface area contributed by atoms with Crippen molar-refractivity contribution >= 4 is 18.7 Å². The Morgan fingerprint density at radius 1 is 0.419 bits per heavy atom. The van der Waals surface area contributed by atoms with Crippen LogP contribution in [0.15, 0.2) is 91.0 Å². The van der Waals surface area contributed by atoms with Gasteiger partial charge in [0.2, 0.25) is 0 Å². The molecule has 0 unspecified atom stereocenters. The molecule has 0 saturated carbocycles. The fourth-order valence-corrected chi connectivity index (χ4v) is 9.42. The molecule has 3 rings (SSSR count). The van der Waals surface area contributed by atoms with Crippen LogP contribution in [-0.4, -0.2) is 87.6 Å². The molecule has 43 heavy (non-hydrogen) atoms. The first-order valence-corrected chi connectivity index (χ1v) is 17.2. The van der Waals surface area contributed by atoms with Crippen LogP contribution >= 0.6 is 0 Å². The summed E-state index contributed by atoms with van der Waals surface area (Å²) >= 11 is 0. The molecule has 236 valence electrons. The topological polar surface area (TPSA) is 64.6 Å². The van der Waals surface area contributed by atoms with Crippen molar-refractivity contribution in [3.05, 3.63) is 96.6 Å². The van der Waals surface area contributed by atoms with Crippen LogP contribution in [0.25, 0.3) is 0 Å². The lowest BCUT2D eigenvalue weighted by molar-refractivity contribution is -0.0187. The van der Waals surface area contributed by atoms with Gasteiger partial charge in [0, 0.05) is 0 Å². The molecule has 0 N–H and O–H groups in total. The first-order chi connectivity index (χ1) is 21.0. The van der Waals surface area contributed by atoms with Crippen molar-refractivity contribution < 1.29 is 32.8 Å². The van der Waals surface area contributed by atoms with Gasteiger partial charge in [0.1, 0.15) is 0 Å². The van der Waals surface area contributed by atoms with E-state index in [4.69, 9.17) is 32.8 Å². The van der Waals surface area contributed by atoms with Gasteiger partial charge in [-0.25, -0.2) is 0 Å². The van der Waals surface area contributed by atoms with Crippen molar-refractivity contribution in [2.75, 3.05) is 79.3 Å². The number of ether oxygens (including phenoxy) is 6. The molecule has 0 spiro atoms. The molecule has 0 atom stereocenters. The highest BCUT2D eigenvalue weighted by molar-refractivity contribution is 6.99. The Morgan fingerprint density at radius 2 is 0.744 bits per heavy atom. The summed E-state index contributed by atoms with van der Waals surface area (Å²) < 4.78 is 40.5. The third-order valence-corrected chi connectivity index (χ3v) is 12.0. The predicted octanol–water partition coefficient (Wildman–Crippen LogP) is 4.86. The third-order valence-electron chi connectivity index (χ3n) is 6.93. The summed E-state index contributed by atoms with van der Waals surface area (Å²) in [5.41, 5.74) is 1.16. The second kappa shape index (κ2) is 20.5. The summed E-state index contributed by atoms with van der Waals surface area (Å²) in [4.78, 5) is 0. The Kier molecular flexibility index (Phi) is 16.8. The zero-order valence-corrected chi connectivity index (χ0v) is 27.2. The lowest BCUT2D eigenvalue weighted by atomic mass is 10.2. The summed E-state index contributed by atoms with van der Waals surface area (Å²) in [5, 5.41) is 2.50. The van der Waals surface area contributed by atoms with Crippen LogP contribution in [0.2, 0.25) is 5.04 Å². The van der Waals surface area contributed by atoms with Crippen molar-refractivity contribution in [2.45, 2.75) is 32.4 Å². The monoisotopic (exact) mass is 610 g/mol. The number of hydrogen-bond acceptors (Lipinski definition) is 7. The second-order valence-corrected chi connectivity index (χ2v) is 15.4. The molecule has 0 bridgehead atoms. The van der Waals surface area contributed by atoms with Gasteiger partial charge in [0.25, 0.3) is 8.32 Å². The minimum atomic E-state index is -2.52. The molecular weight excluding hydrogens is 560 g/mol. The zero-order chi connectivity index (χ0) is 30.5. The summed E-state index contributed by atoms with van der Waals surface area (Å²) in [6, 6.07) is 31.4. The summed E-state index contributed by atoms with van der Waals surface area (Å²) in [5.74, 6) is 0. The van der Waals surface area contributed by atoms with Gasteiger partial charge in [0.15, 0.2) is 0 Å². The number of rotatable bonds is 23. The number of hydrogen-bond donors (Lipinski definition) is 0. The lowest BCUT2D eigenvalue weighted by Gasteiger charge is -2.43. The highest BCUT2D eigenvalue weighted by Crippen LogP contribution is 2.36. The maximum atomic E-state index is 6.84. The van der Waals surface area contributed by atoms with Crippen LogP contribution in [0.5, 0.6) is 0 Å². The minimum Gasteiger partial charge on any atom is -0.405 e. The van der Waals surface area contributed by atoms with Crippen molar-refractivity contribution in [1.29, 1.82) is 0 Å². The third kappa shape index (κ3) is 12.6. The molecule has 0 amide bonds. The Morgan fingerprint density at radius 3 is 1.12 bits per heavy atom. The summed E-state index contributed by atoms with van der Waals surface area (Å²) in [7, 11) is -2.52. The van der Waals surface area contributed by atoms with E-state index >= 15 is 0 Å². The first kappa shape index (κ1) is 35.1. The molecule has 0 fully saturated rings. The molecule has 3 aromatic carbocycles. The van der Waals surface area contributed by atoms with Crippen LogP contribution in [0.1, 0.15) is 26.3 Å². The Balaban J connectivity index is 1.16. The van der Waals surface area contributed by atoms with Crippen LogP contribution in [0.4, 0.5) is 0 Å². The van der Waals surface area contributed by atoms with E-state index in [9.17, 15) is 0 Å². The molecule has 0 aliphatic heterocycles. The quantitative estimate of drug-likeness (QED) is 0.112. The minimum absolute atomic E-state index is 0.0459. The van der Waals surface area contributed by atoms with Gasteiger partial charge in [-0.05, 0) is 21.0 Å². The van der Waals surface area contributed by atoms with Gasteiger partial charge < -0.3 is 32.8 Å². The van der Waals surface area contributed by atoms with Crippen LogP contribution in [0, 0.1) is 0 Å². The lowest BCUT2D eigenvalue weighted by Crippen LogP contribution is -2.66. The van der Waals surface area contributed by atoms with E-state index in [-0.39, 0.29) is 5.04 Å². The van der Waals surface area contributed by atoms with Crippen molar-refractivity contribution in [3.63, 3.8) is 0 Å². The average molecular weight is 611 g/mol. The van der Waals surface area contributed by atoms with E-state index in [1.54, 1.807) is 0 Å². The number of benzene rings is 3. The van der Waals surface area contributed by atoms with Gasteiger partial charge in [-0.3, -0.25) is 0 Å². The van der Waals surface area contributed by atoms with Gasteiger partial charge in [-0.2, -0.15) is 0 Å². The van der Waals surface area contributed by atoms with E-state index in [1.807, 2.05) is 30.3 Å². The molecule has 3 aromatic rings. The Hall–Kier alpha value is -2.40. The van der Waals surface area contributed by atoms with Crippen LogP contribution in [0.3, 0.4) is 0 Å². The van der Waals surface area contributed by atoms with Crippen molar-refractivity contribution in [2.24, 2.45) is 0 Å². The maximum absolute atomic E-state index is 6.84.